The van der Waals surface area contributed by atoms with Gasteiger partial charge in [0.2, 0.25) is 5.91 Å². The maximum Gasteiger partial charge on any atom is 0.416 e. The lowest BCUT2D eigenvalue weighted by atomic mass is 9.79. The van der Waals surface area contributed by atoms with E-state index in [1.807, 2.05) is 40.3 Å². The van der Waals surface area contributed by atoms with Crippen LogP contribution < -0.4 is 10.2 Å². The predicted molar refractivity (Wildman–Crippen MR) is 156 cm³/mol. The Kier molecular flexibility index (Phi) is 8.37. The van der Waals surface area contributed by atoms with Crippen LogP contribution in [0, 0.1) is 5.92 Å². The molecule has 3 aliphatic rings. The van der Waals surface area contributed by atoms with Crippen molar-refractivity contribution < 1.29 is 23.1 Å². The number of carbonyl (C=O) groups is 1. The van der Waals surface area contributed by atoms with Crippen LogP contribution in [0.5, 0.6) is 0 Å². The van der Waals surface area contributed by atoms with Gasteiger partial charge in [0.25, 0.3) is 0 Å². The maximum atomic E-state index is 13.3. The lowest BCUT2D eigenvalue weighted by Gasteiger charge is -2.37. The van der Waals surface area contributed by atoms with Crippen molar-refractivity contribution >= 4 is 11.7 Å². The Labute approximate surface area is 249 Å². The summed E-state index contributed by atoms with van der Waals surface area (Å²) >= 11 is 0. The number of alkyl halides is 3. The zero-order valence-corrected chi connectivity index (χ0v) is 24.0. The van der Waals surface area contributed by atoms with Crippen LogP contribution in [0.4, 0.5) is 19.0 Å². The minimum absolute atomic E-state index is 0.122. The molecule has 0 radical (unpaired) electrons. The topological polar surface area (TPSA) is 94.5 Å². The van der Waals surface area contributed by atoms with Gasteiger partial charge < -0.3 is 20.2 Å². The van der Waals surface area contributed by atoms with Crippen molar-refractivity contribution in [2.24, 2.45) is 5.92 Å². The molecule has 0 aromatic carbocycles. The standard InChI is InChI=1S/C32H37F3N6O2/c33-32(34,35)25-7-15-37-29(19-25)40-16-8-23(9-17-40)30(42)41-18-10-27(21-41)39-26-3-11-31(43,12-4-26)28-2-1-24(20-38-28)22-5-13-36-14-6-22/h1-2,5-7,13-15,19-20,23,26-27,39,43H,3-4,8-12,16-18,21H2/t26?,27-,31?/m0/s1. The van der Waals surface area contributed by atoms with E-state index < -0.39 is 17.3 Å². The number of anilines is 1. The van der Waals surface area contributed by atoms with Gasteiger partial charge in [-0.3, -0.25) is 14.8 Å². The smallest absolute Gasteiger partial charge is 0.384 e. The normalized spacial score (nSPS) is 25.2. The first kappa shape index (κ1) is 29.5. The molecule has 0 unspecified atom stereocenters. The molecule has 1 saturated carbocycles. The van der Waals surface area contributed by atoms with E-state index in [4.69, 9.17) is 0 Å². The van der Waals surface area contributed by atoms with Crippen LogP contribution in [0.3, 0.4) is 0 Å². The number of carbonyl (C=O) groups excluding carboxylic acids is 1. The lowest BCUT2D eigenvalue weighted by molar-refractivity contribution is -0.137. The summed E-state index contributed by atoms with van der Waals surface area (Å²) < 4.78 is 39.3. The van der Waals surface area contributed by atoms with Gasteiger partial charge in [0.1, 0.15) is 11.4 Å². The second-order valence-corrected chi connectivity index (χ2v) is 12.1. The number of aliphatic hydroxyl groups is 1. The summed E-state index contributed by atoms with van der Waals surface area (Å²) in [5.41, 5.74) is 1.09. The number of hydrogen-bond acceptors (Lipinski definition) is 7. The third kappa shape index (κ3) is 6.67. The van der Waals surface area contributed by atoms with Crippen LogP contribution in [0.25, 0.3) is 11.1 Å². The molecule has 2 N–H and O–H groups in total. The van der Waals surface area contributed by atoms with Crippen LogP contribution >= 0.6 is 0 Å². The van der Waals surface area contributed by atoms with Gasteiger partial charge in [-0.05, 0) is 80.8 Å². The molecular formula is C32H37F3N6O2. The van der Waals surface area contributed by atoms with Crippen molar-refractivity contribution in [3.05, 3.63) is 72.4 Å². The molecule has 11 heteroatoms. The minimum atomic E-state index is -4.41. The van der Waals surface area contributed by atoms with Gasteiger partial charge in [0.15, 0.2) is 0 Å². The van der Waals surface area contributed by atoms with E-state index in [2.05, 4.69) is 20.3 Å². The van der Waals surface area contributed by atoms with Crippen molar-refractivity contribution in [2.45, 2.75) is 68.8 Å². The quantitative estimate of drug-likeness (QED) is 0.424. The second-order valence-electron chi connectivity index (χ2n) is 12.1. The van der Waals surface area contributed by atoms with Crippen LogP contribution in [0.15, 0.2) is 61.2 Å². The number of pyridine rings is 3. The maximum absolute atomic E-state index is 13.3. The first-order chi connectivity index (χ1) is 20.7. The zero-order valence-electron chi connectivity index (χ0n) is 24.0. The molecule has 5 heterocycles. The highest BCUT2D eigenvalue weighted by Crippen LogP contribution is 2.37. The first-order valence-electron chi connectivity index (χ1n) is 15.1. The summed E-state index contributed by atoms with van der Waals surface area (Å²) in [5, 5.41) is 15.1. The predicted octanol–water partition coefficient (Wildman–Crippen LogP) is 4.79. The first-order valence-corrected chi connectivity index (χ1v) is 15.1. The van der Waals surface area contributed by atoms with Gasteiger partial charge in [0, 0.05) is 74.5 Å². The Balaban J connectivity index is 0.955. The number of piperidine rings is 1. The molecule has 2 saturated heterocycles. The number of nitrogens with one attached hydrogen (secondary N) is 1. The highest BCUT2D eigenvalue weighted by atomic mass is 19.4. The molecule has 228 valence electrons. The van der Waals surface area contributed by atoms with Crippen LogP contribution in [0.1, 0.15) is 56.2 Å². The molecule has 6 rings (SSSR count). The van der Waals surface area contributed by atoms with E-state index in [-0.39, 0.29) is 23.9 Å². The number of halogens is 3. The van der Waals surface area contributed by atoms with E-state index in [1.54, 1.807) is 12.4 Å². The lowest BCUT2D eigenvalue weighted by Crippen LogP contribution is -2.46. The SMILES string of the molecule is O=C(C1CCN(c2cc(C(F)(F)F)ccn2)CC1)N1CC[C@H](NC2CCC(O)(c3ccc(-c4ccncc4)cn3)CC2)C1. The molecule has 43 heavy (non-hydrogen) atoms. The Hall–Kier alpha value is -3.57. The monoisotopic (exact) mass is 594 g/mol. The Morgan fingerprint density at radius 1 is 0.884 bits per heavy atom. The van der Waals surface area contributed by atoms with Crippen molar-refractivity contribution in [3.8, 4) is 11.1 Å². The van der Waals surface area contributed by atoms with Crippen molar-refractivity contribution in [2.75, 3.05) is 31.1 Å². The Morgan fingerprint density at radius 2 is 1.63 bits per heavy atom. The van der Waals surface area contributed by atoms with Gasteiger partial charge >= 0.3 is 6.18 Å². The largest absolute Gasteiger partial charge is 0.416 e. The molecule has 1 atom stereocenters. The number of aromatic nitrogens is 3. The summed E-state index contributed by atoms with van der Waals surface area (Å²) in [7, 11) is 0. The molecule has 1 aliphatic carbocycles. The van der Waals surface area contributed by atoms with Gasteiger partial charge in [-0.15, -0.1) is 0 Å². The zero-order chi connectivity index (χ0) is 30.0. The molecule has 2 aliphatic heterocycles. The summed E-state index contributed by atoms with van der Waals surface area (Å²) in [4.78, 5) is 29.9. The average molecular weight is 595 g/mol. The van der Waals surface area contributed by atoms with Gasteiger partial charge in [-0.2, -0.15) is 13.2 Å². The third-order valence-corrected chi connectivity index (χ3v) is 9.28. The van der Waals surface area contributed by atoms with Crippen molar-refractivity contribution in [1.82, 2.24) is 25.2 Å². The molecular weight excluding hydrogens is 557 g/mol. The highest BCUT2D eigenvalue weighted by Gasteiger charge is 2.38. The summed E-state index contributed by atoms with van der Waals surface area (Å²) in [5.74, 6) is 0.325. The van der Waals surface area contributed by atoms with E-state index >= 15 is 0 Å². The van der Waals surface area contributed by atoms with E-state index in [0.717, 1.165) is 42.5 Å². The summed E-state index contributed by atoms with van der Waals surface area (Å²) in [6.07, 6.45) is 7.09. The van der Waals surface area contributed by atoms with E-state index in [1.165, 1.54) is 6.20 Å². The molecule has 1 amide bonds. The molecule has 3 aromatic rings. The van der Waals surface area contributed by atoms with E-state index in [9.17, 15) is 23.1 Å². The van der Waals surface area contributed by atoms with Gasteiger partial charge in [0.05, 0.1) is 11.3 Å². The highest BCUT2D eigenvalue weighted by molar-refractivity contribution is 5.79. The summed E-state index contributed by atoms with van der Waals surface area (Å²) in [6.45, 7) is 2.38. The van der Waals surface area contributed by atoms with Crippen LogP contribution in [-0.2, 0) is 16.6 Å². The number of rotatable bonds is 6. The van der Waals surface area contributed by atoms with Crippen LogP contribution in [-0.4, -0.2) is 69.1 Å². The fraction of sp³-hybridized carbons (Fsp3) is 0.500. The number of likely N-dealkylation sites (tertiary alicyclic amines) is 1. The minimum Gasteiger partial charge on any atom is -0.384 e. The third-order valence-electron chi connectivity index (χ3n) is 9.28. The van der Waals surface area contributed by atoms with Crippen molar-refractivity contribution in [3.63, 3.8) is 0 Å². The molecule has 3 fully saturated rings. The Bertz CT molecular complexity index is 1390. The number of nitrogens with zero attached hydrogens (tertiary/aromatic N) is 5. The fourth-order valence-corrected chi connectivity index (χ4v) is 6.71. The van der Waals surface area contributed by atoms with Gasteiger partial charge in [-0.1, -0.05) is 6.07 Å². The van der Waals surface area contributed by atoms with Crippen LogP contribution in [0.2, 0.25) is 0 Å². The average Bonchev–Trinajstić information content (AvgIpc) is 3.51. The van der Waals surface area contributed by atoms with Gasteiger partial charge in [-0.25, -0.2) is 4.98 Å². The summed E-state index contributed by atoms with van der Waals surface area (Å²) in [6, 6.07) is 10.3. The second kappa shape index (κ2) is 12.2. The number of hydrogen-bond donors (Lipinski definition) is 2. The fourth-order valence-electron chi connectivity index (χ4n) is 6.71. The molecule has 0 bridgehead atoms. The van der Waals surface area contributed by atoms with Crippen molar-refractivity contribution in [1.29, 1.82) is 0 Å². The Morgan fingerprint density at radius 3 is 2.30 bits per heavy atom. The number of amides is 1. The van der Waals surface area contributed by atoms with E-state index in [0.29, 0.717) is 63.4 Å². The molecule has 8 nitrogen and oxygen atoms in total. The molecule has 0 spiro atoms. The molecule has 3 aromatic heterocycles.